The van der Waals surface area contributed by atoms with Crippen LogP contribution in [-0.4, -0.2) is 31.3 Å². The van der Waals surface area contributed by atoms with E-state index in [1.54, 1.807) is 0 Å². The number of anilines is 1. The van der Waals surface area contributed by atoms with Crippen molar-refractivity contribution in [3.05, 3.63) is 53.7 Å². The van der Waals surface area contributed by atoms with Gasteiger partial charge in [0.2, 0.25) is 5.88 Å². The molecule has 22 heavy (non-hydrogen) atoms. The van der Waals surface area contributed by atoms with E-state index in [0.717, 1.165) is 5.56 Å². The molecule has 6 nitrogen and oxygen atoms in total. The zero-order valence-corrected chi connectivity index (χ0v) is 12.3. The van der Waals surface area contributed by atoms with Crippen molar-refractivity contribution in [2.75, 3.05) is 26.1 Å². The fourth-order valence-corrected chi connectivity index (χ4v) is 1.78. The monoisotopic (exact) mass is 302 g/mol. The minimum atomic E-state index is -0.489. The van der Waals surface area contributed by atoms with Crippen molar-refractivity contribution in [2.24, 2.45) is 0 Å². The van der Waals surface area contributed by atoms with Gasteiger partial charge in [0, 0.05) is 6.20 Å². The Balaban J connectivity index is 1.76. The van der Waals surface area contributed by atoms with Gasteiger partial charge in [-0.1, -0.05) is 30.3 Å². The molecule has 0 fully saturated rings. The molecule has 0 amide bonds. The average molecular weight is 302 g/mol. The summed E-state index contributed by atoms with van der Waals surface area (Å²) in [5, 5.41) is 0. The molecule has 1 aromatic carbocycles. The fourth-order valence-electron chi connectivity index (χ4n) is 1.78. The van der Waals surface area contributed by atoms with Crippen molar-refractivity contribution < 1.29 is 19.0 Å². The van der Waals surface area contributed by atoms with E-state index in [9.17, 15) is 4.79 Å². The average Bonchev–Trinajstić information content (AvgIpc) is 2.56. The summed E-state index contributed by atoms with van der Waals surface area (Å²) in [7, 11) is 1.30. The molecular formula is C16H18N2O4. The second-order valence-corrected chi connectivity index (χ2v) is 4.50. The Morgan fingerprint density at radius 1 is 1.23 bits per heavy atom. The van der Waals surface area contributed by atoms with Crippen molar-refractivity contribution in [3.8, 4) is 5.88 Å². The second-order valence-electron chi connectivity index (χ2n) is 4.50. The first-order valence-corrected chi connectivity index (χ1v) is 6.79. The molecule has 0 saturated carbocycles. The molecule has 0 unspecified atom stereocenters. The van der Waals surface area contributed by atoms with E-state index in [4.69, 9.17) is 15.2 Å². The number of nitrogen functional groups attached to an aromatic ring is 1. The van der Waals surface area contributed by atoms with Crippen molar-refractivity contribution in [2.45, 2.75) is 6.61 Å². The largest absolute Gasteiger partial charge is 0.474 e. The molecule has 1 heterocycles. The SMILES string of the molecule is COC(=O)c1cnc(OCCOCc2ccccc2)c(N)c1. The molecule has 0 spiro atoms. The van der Waals surface area contributed by atoms with Gasteiger partial charge in [-0.3, -0.25) is 0 Å². The molecule has 1 aromatic heterocycles. The van der Waals surface area contributed by atoms with Gasteiger partial charge in [0.1, 0.15) is 6.61 Å². The first kappa shape index (κ1) is 15.8. The van der Waals surface area contributed by atoms with Gasteiger partial charge in [-0.2, -0.15) is 0 Å². The lowest BCUT2D eigenvalue weighted by Gasteiger charge is -2.09. The summed E-state index contributed by atoms with van der Waals surface area (Å²) < 4.78 is 15.5. The Hall–Kier alpha value is -2.60. The van der Waals surface area contributed by atoms with Crippen molar-refractivity contribution in [1.29, 1.82) is 0 Å². The molecule has 0 aliphatic carbocycles. The van der Waals surface area contributed by atoms with Crippen LogP contribution in [0, 0.1) is 0 Å². The van der Waals surface area contributed by atoms with Crippen LogP contribution in [0.4, 0.5) is 5.69 Å². The summed E-state index contributed by atoms with van der Waals surface area (Å²) >= 11 is 0. The van der Waals surface area contributed by atoms with Gasteiger partial charge >= 0.3 is 5.97 Å². The predicted octanol–water partition coefficient (Wildman–Crippen LogP) is 2.05. The maximum atomic E-state index is 11.3. The molecule has 0 radical (unpaired) electrons. The molecule has 2 N–H and O–H groups in total. The number of hydrogen-bond acceptors (Lipinski definition) is 6. The summed E-state index contributed by atoms with van der Waals surface area (Å²) in [6.07, 6.45) is 1.36. The number of esters is 1. The summed E-state index contributed by atoms with van der Waals surface area (Å²) in [5.74, 6) is -0.215. The smallest absolute Gasteiger partial charge is 0.339 e. The maximum absolute atomic E-state index is 11.3. The lowest BCUT2D eigenvalue weighted by atomic mass is 10.2. The number of benzene rings is 1. The van der Waals surface area contributed by atoms with Gasteiger partial charge in [0.15, 0.2) is 0 Å². The molecule has 116 valence electrons. The summed E-state index contributed by atoms with van der Waals surface area (Å²) in [6.45, 7) is 1.25. The van der Waals surface area contributed by atoms with Crippen LogP contribution in [0.3, 0.4) is 0 Å². The van der Waals surface area contributed by atoms with Gasteiger partial charge in [-0.25, -0.2) is 9.78 Å². The summed E-state index contributed by atoms with van der Waals surface area (Å²) in [5.41, 5.74) is 7.45. The molecule has 0 saturated heterocycles. The standard InChI is InChI=1S/C16H18N2O4/c1-20-16(19)13-9-14(17)15(18-10-13)22-8-7-21-11-12-5-3-2-4-6-12/h2-6,9-10H,7-8,11,17H2,1H3. The molecule has 0 aliphatic rings. The minimum Gasteiger partial charge on any atom is -0.474 e. The zero-order chi connectivity index (χ0) is 15.8. The van der Waals surface area contributed by atoms with Crippen LogP contribution >= 0.6 is 0 Å². The minimum absolute atomic E-state index is 0.274. The Labute approximate surface area is 128 Å². The van der Waals surface area contributed by atoms with Crippen LogP contribution in [-0.2, 0) is 16.1 Å². The summed E-state index contributed by atoms with van der Waals surface area (Å²) in [4.78, 5) is 15.3. The molecule has 2 aromatic rings. The highest BCUT2D eigenvalue weighted by molar-refractivity contribution is 5.90. The number of carbonyl (C=O) groups is 1. The number of nitrogens with zero attached hydrogens (tertiary/aromatic N) is 1. The van der Waals surface area contributed by atoms with E-state index in [1.165, 1.54) is 19.4 Å². The van der Waals surface area contributed by atoms with Crippen molar-refractivity contribution in [1.82, 2.24) is 4.98 Å². The van der Waals surface area contributed by atoms with Crippen LogP contribution in [0.1, 0.15) is 15.9 Å². The van der Waals surface area contributed by atoms with Crippen LogP contribution in [0.5, 0.6) is 5.88 Å². The van der Waals surface area contributed by atoms with E-state index in [2.05, 4.69) is 9.72 Å². The number of nitrogens with two attached hydrogens (primary N) is 1. The Morgan fingerprint density at radius 2 is 2.00 bits per heavy atom. The molecule has 0 aliphatic heterocycles. The van der Waals surface area contributed by atoms with Gasteiger partial charge in [0.25, 0.3) is 0 Å². The number of ether oxygens (including phenoxy) is 3. The van der Waals surface area contributed by atoms with Crippen LogP contribution in [0.25, 0.3) is 0 Å². The highest BCUT2D eigenvalue weighted by Gasteiger charge is 2.10. The molecule has 0 bridgehead atoms. The van der Waals surface area contributed by atoms with Gasteiger partial charge in [-0.05, 0) is 11.6 Å². The summed E-state index contributed by atoms with van der Waals surface area (Å²) in [6, 6.07) is 11.3. The lowest BCUT2D eigenvalue weighted by Crippen LogP contribution is -2.10. The van der Waals surface area contributed by atoms with Crippen LogP contribution < -0.4 is 10.5 Å². The highest BCUT2D eigenvalue weighted by atomic mass is 16.5. The third-order valence-electron chi connectivity index (χ3n) is 2.88. The third-order valence-corrected chi connectivity index (χ3v) is 2.88. The Kier molecular flexibility index (Phi) is 5.73. The topological polar surface area (TPSA) is 83.7 Å². The molecule has 0 atom stereocenters. The van der Waals surface area contributed by atoms with E-state index < -0.39 is 5.97 Å². The quantitative estimate of drug-likeness (QED) is 0.622. The molecule has 6 heteroatoms. The van der Waals surface area contributed by atoms with E-state index in [0.29, 0.717) is 19.8 Å². The first-order valence-electron chi connectivity index (χ1n) is 6.79. The number of carbonyl (C=O) groups excluding carboxylic acids is 1. The number of methoxy groups -OCH3 is 1. The zero-order valence-electron chi connectivity index (χ0n) is 12.3. The number of rotatable bonds is 7. The van der Waals surface area contributed by atoms with Gasteiger partial charge in [-0.15, -0.1) is 0 Å². The maximum Gasteiger partial charge on any atom is 0.339 e. The predicted molar refractivity (Wildman–Crippen MR) is 81.6 cm³/mol. The Morgan fingerprint density at radius 3 is 2.68 bits per heavy atom. The molecular weight excluding hydrogens is 284 g/mol. The second kappa shape index (κ2) is 7.99. The van der Waals surface area contributed by atoms with E-state index in [-0.39, 0.29) is 17.1 Å². The molecule has 2 rings (SSSR count). The number of aromatic nitrogens is 1. The van der Waals surface area contributed by atoms with E-state index >= 15 is 0 Å². The number of hydrogen-bond donors (Lipinski definition) is 1. The highest BCUT2D eigenvalue weighted by Crippen LogP contribution is 2.19. The van der Waals surface area contributed by atoms with Crippen molar-refractivity contribution >= 4 is 11.7 Å². The third kappa shape index (κ3) is 4.46. The fraction of sp³-hybridized carbons (Fsp3) is 0.250. The van der Waals surface area contributed by atoms with Crippen molar-refractivity contribution in [3.63, 3.8) is 0 Å². The van der Waals surface area contributed by atoms with Gasteiger partial charge in [0.05, 0.1) is 31.6 Å². The normalized spacial score (nSPS) is 10.2. The Bertz CT molecular complexity index is 617. The van der Waals surface area contributed by atoms with E-state index in [1.807, 2.05) is 30.3 Å². The lowest BCUT2D eigenvalue weighted by molar-refractivity contribution is 0.0600. The van der Waals surface area contributed by atoms with Gasteiger partial charge < -0.3 is 19.9 Å². The van der Waals surface area contributed by atoms with Crippen LogP contribution in [0.2, 0.25) is 0 Å². The van der Waals surface area contributed by atoms with Crippen LogP contribution in [0.15, 0.2) is 42.6 Å². The number of pyridine rings is 1. The first-order chi connectivity index (χ1) is 10.7.